The minimum Gasteiger partial charge on any atom is -0.478 e. The smallest absolute Gasteiger partial charge is 0.335 e. The van der Waals surface area contributed by atoms with Crippen molar-refractivity contribution in [1.29, 1.82) is 0 Å². The van der Waals surface area contributed by atoms with Crippen LogP contribution in [-0.2, 0) is 6.42 Å². The van der Waals surface area contributed by atoms with Crippen LogP contribution in [0.4, 0.5) is 0 Å². The van der Waals surface area contributed by atoms with Crippen molar-refractivity contribution in [3.05, 3.63) is 34.9 Å². The van der Waals surface area contributed by atoms with Gasteiger partial charge in [-0.15, -0.1) is 0 Å². The fourth-order valence-electron chi connectivity index (χ4n) is 2.04. The van der Waals surface area contributed by atoms with E-state index in [1.807, 2.05) is 13.1 Å². The van der Waals surface area contributed by atoms with Crippen molar-refractivity contribution >= 4 is 5.97 Å². The Bertz CT molecular complexity index is 374. The van der Waals surface area contributed by atoms with E-state index in [0.29, 0.717) is 11.6 Å². The molecule has 3 heteroatoms. The van der Waals surface area contributed by atoms with E-state index in [4.69, 9.17) is 5.11 Å². The number of carbonyl (C=O) groups is 1. The lowest BCUT2D eigenvalue weighted by atomic mass is 10.0. The molecule has 1 atom stereocenters. The van der Waals surface area contributed by atoms with Gasteiger partial charge in [-0.3, -0.25) is 0 Å². The SMILES string of the molecule is CNC1CCc2ccc(C(=O)O)cc21. The lowest BCUT2D eigenvalue weighted by Crippen LogP contribution is -2.13. The first-order valence-corrected chi connectivity index (χ1v) is 4.75. The second-order valence-corrected chi connectivity index (χ2v) is 3.60. The molecule has 0 aromatic heterocycles. The molecule has 0 saturated heterocycles. The Morgan fingerprint density at radius 2 is 2.36 bits per heavy atom. The third kappa shape index (κ3) is 1.40. The summed E-state index contributed by atoms with van der Waals surface area (Å²) in [6.07, 6.45) is 2.11. The molecular weight excluding hydrogens is 178 g/mol. The van der Waals surface area contributed by atoms with Gasteiger partial charge in [0, 0.05) is 6.04 Å². The third-order valence-corrected chi connectivity index (χ3v) is 2.82. The molecule has 74 valence electrons. The molecule has 0 heterocycles. The summed E-state index contributed by atoms with van der Waals surface area (Å²) in [5, 5.41) is 12.0. The van der Waals surface area contributed by atoms with Crippen LogP contribution in [0, 0.1) is 0 Å². The summed E-state index contributed by atoms with van der Waals surface area (Å²) in [6.45, 7) is 0. The predicted octanol–water partition coefficient (Wildman–Crippen LogP) is 1.59. The molecule has 1 aromatic rings. The minimum atomic E-state index is -0.852. The molecule has 0 aliphatic heterocycles. The number of benzene rings is 1. The van der Waals surface area contributed by atoms with Crippen molar-refractivity contribution < 1.29 is 9.90 Å². The van der Waals surface area contributed by atoms with E-state index >= 15 is 0 Å². The summed E-state index contributed by atoms with van der Waals surface area (Å²) in [6, 6.07) is 5.71. The van der Waals surface area contributed by atoms with Crippen LogP contribution >= 0.6 is 0 Å². The van der Waals surface area contributed by atoms with E-state index in [0.717, 1.165) is 18.4 Å². The number of nitrogens with one attached hydrogen (secondary N) is 1. The van der Waals surface area contributed by atoms with Crippen LogP contribution in [0.3, 0.4) is 0 Å². The summed E-state index contributed by atoms with van der Waals surface area (Å²) in [4.78, 5) is 10.8. The highest BCUT2D eigenvalue weighted by Gasteiger charge is 2.21. The van der Waals surface area contributed by atoms with Crippen LogP contribution < -0.4 is 5.32 Å². The van der Waals surface area contributed by atoms with Gasteiger partial charge in [0.25, 0.3) is 0 Å². The average molecular weight is 191 g/mol. The molecule has 0 spiro atoms. The van der Waals surface area contributed by atoms with Crippen molar-refractivity contribution in [2.75, 3.05) is 7.05 Å². The zero-order valence-corrected chi connectivity index (χ0v) is 8.08. The maximum absolute atomic E-state index is 10.8. The Balaban J connectivity index is 2.42. The molecular formula is C11H13NO2. The van der Waals surface area contributed by atoms with E-state index in [2.05, 4.69) is 5.32 Å². The van der Waals surface area contributed by atoms with Crippen LogP contribution in [0.2, 0.25) is 0 Å². The number of carboxylic acid groups (broad SMARTS) is 1. The molecule has 14 heavy (non-hydrogen) atoms. The number of hydrogen-bond donors (Lipinski definition) is 2. The van der Waals surface area contributed by atoms with Gasteiger partial charge in [-0.05, 0) is 43.1 Å². The van der Waals surface area contributed by atoms with Gasteiger partial charge in [0.05, 0.1) is 5.56 Å². The van der Waals surface area contributed by atoms with Gasteiger partial charge in [-0.2, -0.15) is 0 Å². The number of aromatic carboxylic acids is 1. The van der Waals surface area contributed by atoms with Crippen molar-refractivity contribution in [3.63, 3.8) is 0 Å². The first-order valence-electron chi connectivity index (χ1n) is 4.75. The summed E-state index contributed by atoms with van der Waals surface area (Å²) in [5.74, 6) is -0.852. The average Bonchev–Trinajstić information content (AvgIpc) is 2.59. The number of fused-ring (bicyclic) bond motifs is 1. The summed E-state index contributed by atoms with van der Waals surface area (Å²) < 4.78 is 0. The first kappa shape index (κ1) is 9.21. The number of aryl methyl sites for hydroxylation is 1. The van der Waals surface area contributed by atoms with Crippen LogP contribution in [0.1, 0.15) is 33.9 Å². The largest absolute Gasteiger partial charge is 0.478 e. The number of rotatable bonds is 2. The van der Waals surface area contributed by atoms with Crippen molar-refractivity contribution in [2.24, 2.45) is 0 Å². The molecule has 1 unspecified atom stereocenters. The summed E-state index contributed by atoms with van der Waals surface area (Å²) in [7, 11) is 1.91. The Hall–Kier alpha value is -1.35. The number of carboxylic acids is 1. The molecule has 2 N–H and O–H groups in total. The summed E-state index contributed by atoms with van der Waals surface area (Å²) in [5.41, 5.74) is 2.80. The molecule has 0 radical (unpaired) electrons. The minimum absolute atomic E-state index is 0.323. The fourth-order valence-corrected chi connectivity index (χ4v) is 2.04. The lowest BCUT2D eigenvalue weighted by Gasteiger charge is -2.10. The Labute approximate surface area is 82.8 Å². The zero-order chi connectivity index (χ0) is 10.1. The third-order valence-electron chi connectivity index (χ3n) is 2.82. The second kappa shape index (κ2) is 3.42. The van der Waals surface area contributed by atoms with Gasteiger partial charge in [-0.1, -0.05) is 6.07 Å². The fraction of sp³-hybridized carbons (Fsp3) is 0.364. The number of hydrogen-bond acceptors (Lipinski definition) is 2. The first-order chi connectivity index (χ1) is 6.72. The van der Waals surface area contributed by atoms with Crippen LogP contribution in [0.15, 0.2) is 18.2 Å². The second-order valence-electron chi connectivity index (χ2n) is 3.60. The lowest BCUT2D eigenvalue weighted by molar-refractivity contribution is 0.0697. The highest BCUT2D eigenvalue weighted by Crippen LogP contribution is 2.31. The highest BCUT2D eigenvalue weighted by molar-refractivity contribution is 5.88. The van der Waals surface area contributed by atoms with Crippen molar-refractivity contribution in [1.82, 2.24) is 5.32 Å². The Kier molecular flexibility index (Phi) is 2.25. The molecule has 1 aliphatic rings. The quantitative estimate of drug-likeness (QED) is 0.746. The molecule has 0 bridgehead atoms. The summed E-state index contributed by atoms with van der Waals surface area (Å²) >= 11 is 0. The van der Waals surface area contributed by atoms with E-state index in [-0.39, 0.29) is 0 Å². The molecule has 1 aliphatic carbocycles. The maximum Gasteiger partial charge on any atom is 0.335 e. The van der Waals surface area contributed by atoms with Crippen LogP contribution in [0.25, 0.3) is 0 Å². The zero-order valence-electron chi connectivity index (χ0n) is 8.08. The monoisotopic (exact) mass is 191 g/mol. The van der Waals surface area contributed by atoms with Gasteiger partial charge in [0.15, 0.2) is 0 Å². The van der Waals surface area contributed by atoms with Crippen LogP contribution in [0.5, 0.6) is 0 Å². The van der Waals surface area contributed by atoms with Crippen LogP contribution in [-0.4, -0.2) is 18.1 Å². The van der Waals surface area contributed by atoms with Crippen molar-refractivity contribution in [3.8, 4) is 0 Å². The topological polar surface area (TPSA) is 49.3 Å². The molecule has 0 amide bonds. The molecule has 2 rings (SSSR count). The van der Waals surface area contributed by atoms with E-state index < -0.39 is 5.97 Å². The van der Waals surface area contributed by atoms with E-state index in [1.165, 1.54) is 5.56 Å². The molecule has 0 saturated carbocycles. The molecule has 3 nitrogen and oxygen atoms in total. The van der Waals surface area contributed by atoms with E-state index in [1.54, 1.807) is 12.1 Å². The maximum atomic E-state index is 10.8. The van der Waals surface area contributed by atoms with Gasteiger partial charge >= 0.3 is 5.97 Å². The van der Waals surface area contributed by atoms with Gasteiger partial charge in [0.1, 0.15) is 0 Å². The van der Waals surface area contributed by atoms with E-state index in [9.17, 15) is 4.79 Å². The van der Waals surface area contributed by atoms with Gasteiger partial charge in [-0.25, -0.2) is 4.79 Å². The highest BCUT2D eigenvalue weighted by atomic mass is 16.4. The molecule has 1 aromatic carbocycles. The molecule has 0 fully saturated rings. The predicted molar refractivity (Wildman–Crippen MR) is 53.5 cm³/mol. The van der Waals surface area contributed by atoms with Gasteiger partial charge < -0.3 is 10.4 Å². The standard InChI is InChI=1S/C11H13NO2/c1-12-10-5-4-7-2-3-8(11(13)14)6-9(7)10/h2-3,6,10,12H,4-5H2,1H3,(H,13,14). The normalized spacial score (nSPS) is 19.4. The Morgan fingerprint density at radius 3 is 3.00 bits per heavy atom. The van der Waals surface area contributed by atoms with Gasteiger partial charge in [0.2, 0.25) is 0 Å². The van der Waals surface area contributed by atoms with Crippen molar-refractivity contribution in [2.45, 2.75) is 18.9 Å². The Morgan fingerprint density at radius 1 is 1.57 bits per heavy atom.